The average molecular weight is 1820 g/mol. The van der Waals surface area contributed by atoms with Crippen LogP contribution in [0.2, 0.25) is 5.02 Å². The minimum absolute atomic E-state index is 0.0308. The molecule has 0 bridgehead atoms. The summed E-state index contributed by atoms with van der Waals surface area (Å²) in [4.78, 5) is 247. The van der Waals surface area contributed by atoms with Gasteiger partial charge in [-0.3, -0.25) is 52.7 Å². The molecule has 0 radical (unpaired) electrons. The maximum atomic E-state index is 15.5. The minimum Gasteiger partial charge on any atom is -0.444 e. The largest absolute Gasteiger partial charge is 0.444 e. The number of ether oxygens (including phenoxy) is 6. The molecule has 1 unspecified atom stereocenters. The molecule has 1 aromatic heterocycles. The quantitative estimate of drug-likeness (QED) is 0.0325. The highest BCUT2D eigenvalue weighted by Gasteiger charge is 2.40. The van der Waals surface area contributed by atoms with Gasteiger partial charge in [0.05, 0.1) is 17.8 Å². The van der Waals surface area contributed by atoms with Gasteiger partial charge in [-0.2, -0.15) is 0 Å². The summed E-state index contributed by atoms with van der Waals surface area (Å²) in [5, 5.41) is 63.1. The summed E-state index contributed by atoms with van der Waals surface area (Å²) in [5.41, 5.74) is -4.88. The smallest absolute Gasteiger partial charge is 0.407 e. The minimum atomic E-state index is -2.08. The van der Waals surface area contributed by atoms with Crippen LogP contribution in [0.25, 0.3) is 0 Å². The van der Waals surface area contributed by atoms with Crippen molar-refractivity contribution in [1.29, 1.82) is 0 Å². The first-order valence-electron chi connectivity index (χ1n) is 41.9. The number of halogens is 1. The second kappa shape index (κ2) is 50.4. The summed E-state index contributed by atoms with van der Waals surface area (Å²) in [5.74, 6) is -14.4. The number of rotatable bonds is 31. The van der Waals surface area contributed by atoms with Gasteiger partial charge in [0, 0.05) is 68.5 Å². The van der Waals surface area contributed by atoms with Gasteiger partial charge in [-0.1, -0.05) is 61.8 Å². The average Bonchev–Trinajstić information content (AvgIpc) is 0.886. The van der Waals surface area contributed by atoms with Crippen LogP contribution in [0.3, 0.4) is 0 Å². The fourth-order valence-electron chi connectivity index (χ4n) is 11.8. The molecule has 2 heterocycles. The molecule has 18 N–H and O–H groups in total. The Labute approximate surface area is 749 Å². The summed E-state index contributed by atoms with van der Waals surface area (Å²) in [6.45, 7) is 26.4. The summed E-state index contributed by atoms with van der Waals surface area (Å²) < 4.78 is 32.4. The van der Waals surface area contributed by atoms with E-state index in [2.05, 4.69) is 90.1 Å². The van der Waals surface area contributed by atoms with Gasteiger partial charge in [-0.15, -0.1) is 0 Å². The van der Waals surface area contributed by atoms with Crippen molar-refractivity contribution in [3.05, 3.63) is 94.6 Å². The highest BCUT2D eigenvalue weighted by atomic mass is 35.5. The predicted octanol–water partition coefficient (Wildman–Crippen LogP) is 2.56. The van der Waals surface area contributed by atoms with Crippen molar-refractivity contribution in [2.24, 2.45) is 5.92 Å². The summed E-state index contributed by atoms with van der Waals surface area (Å²) in [7, 11) is 0. The Bertz CT molecular complexity index is 4330. The number of alkyl carbamates (subject to hydrolysis) is 5. The lowest BCUT2D eigenvalue weighted by Crippen LogP contribution is -2.62. The van der Waals surface area contributed by atoms with Gasteiger partial charge < -0.3 is 124 Å². The van der Waals surface area contributed by atoms with Crippen molar-refractivity contribution in [1.82, 2.24) is 90.1 Å². The van der Waals surface area contributed by atoms with Gasteiger partial charge in [-0.05, 0) is 198 Å². The van der Waals surface area contributed by atoms with E-state index in [1.807, 2.05) is 0 Å². The Morgan fingerprint density at radius 2 is 0.883 bits per heavy atom. The number of hydrogen-bond acceptors (Lipinski definition) is 26. The van der Waals surface area contributed by atoms with Crippen LogP contribution in [0.15, 0.2) is 72.9 Å². The van der Waals surface area contributed by atoms with Crippen LogP contribution in [0.1, 0.15) is 203 Å². The Kier molecular flexibility index (Phi) is 42.5. The van der Waals surface area contributed by atoms with Crippen molar-refractivity contribution in [3.8, 4) is 5.88 Å². The number of aromatic nitrogens is 1. The molecule has 710 valence electrons. The number of nitrogens with one attached hydrogen (secondary N) is 16. The molecule has 0 saturated carbocycles. The monoisotopic (exact) mass is 1820 g/mol. The molecule has 0 aliphatic carbocycles. The van der Waals surface area contributed by atoms with Crippen LogP contribution >= 0.6 is 11.6 Å². The lowest BCUT2D eigenvalue weighted by Gasteiger charge is -2.29. The van der Waals surface area contributed by atoms with Gasteiger partial charge in [0.25, 0.3) is 5.91 Å². The van der Waals surface area contributed by atoms with E-state index in [4.69, 9.17) is 40.0 Å². The fraction of sp³-hybridized carbons (Fsp3) is 0.600. The normalized spacial score (nSPS) is 19.1. The molecule has 1 aliphatic rings. The molecule has 12 atom stereocenters. The maximum Gasteiger partial charge on any atom is 0.407 e. The molecule has 2 aromatic carbocycles. The molecule has 43 heteroatoms. The SMILES string of the molecule is CC(C)C[C@@H]1NC(=O)[C@@H](Cc2ccccc2)NC(=O)[C@H](CCNC(=O)OC(C)(C)C)NC(=O)[C@@H](NC(=O)[C@H](CCNC(=O)OC(C)(C)C)NC(=O)[C@@H](NC(=O)[C@H](CCNC(=O)OC(C)(C)C)NC(=O)c2ccnc(OC(=O)c3cccc(Cl)c3)c2)C(C)O)CCNC(=O)[C@H]([C@H](C)O)NC(=O)[C@H](CCNC(=O)OC(C)(C)C)NC(=O)[C@H](CCNC(=O)OC(C)(C)C)NC1=O. The number of carbonyl (C=O) groups excluding carboxylic acids is 17. The van der Waals surface area contributed by atoms with E-state index in [1.54, 1.807) is 148 Å². The number of carbonyl (C=O) groups is 17. The zero-order valence-corrected chi connectivity index (χ0v) is 76.7. The van der Waals surface area contributed by atoms with Crippen molar-refractivity contribution >= 4 is 113 Å². The van der Waals surface area contributed by atoms with Crippen LogP contribution in [0.4, 0.5) is 24.0 Å². The number of aliphatic hydroxyl groups excluding tert-OH is 2. The number of amides is 16. The van der Waals surface area contributed by atoms with E-state index in [9.17, 15) is 72.5 Å². The highest BCUT2D eigenvalue weighted by molar-refractivity contribution is 6.31. The van der Waals surface area contributed by atoms with E-state index in [-0.39, 0.29) is 48.0 Å². The predicted molar refractivity (Wildman–Crippen MR) is 464 cm³/mol. The van der Waals surface area contributed by atoms with Crippen molar-refractivity contribution in [2.75, 3.05) is 39.3 Å². The van der Waals surface area contributed by atoms with Crippen LogP contribution in [0, 0.1) is 5.92 Å². The Hall–Kier alpha value is -12.2. The standard InChI is InChI=1S/C85H128ClN17O25/c1-46(2)42-59-71(113)98-54(30-37-89-76(118)124-81(5,6)7)66(108)97-58(34-41-93-80(122)128-85(17,18)19)70(112)102-62(47(3)104)73(115)88-36-29-53(65(107)96-55(31-38-90-77(119)125-82(8,9)10)68(110)101-60(72(114)100-59)43-49-24-21-20-22-25-49)95-67(109)56(32-39-91-78(120)126-83(11,12)13)99-74(116)63(48(4)105)103-69(111)57(33-40-92-79(121)127-84(14,15)16)94-64(106)50-28-35-87-61(45-50)123-75(117)51-26-23-27-52(86)44-51/h20-28,35,44-48,53-60,62-63,104-105H,29-34,36-43H2,1-19H3,(H,88,115)(H,89,118)(H,90,119)(H,91,120)(H,92,121)(H,93,122)(H,94,106)(H,95,109)(H,96,107)(H,97,108)(H,98,113)(H,99,116)(H,100,114)(H,101,110)(H,102,112)(H,103,111)/t47-,48?,53-,54-,55-,56-,57-,58-,59-,60+,62-,63-/m0/s1. The highest BCUT2D eigenvalue weighted by Crippen LogP contribution is 2.19. The van der Waals surface area contributed by atoms with Crippen LogP contribution in [-0.4, -0.2) is 257 Å². The van der Waals surface area contributed by atoms with Crippen molar-refractivity contribution in [3.63, 3.8) is 0 Å². The molecule has 42 nitrogen and oxygen atoms in total. The molecule has 16 amide bonds. The van der Waals surface area contributed by atoms with E-state index in [1.165, 1.54) is 30.3 Å². The summed E-state index contributed by atoms with van der Waals surface area (Å²) in [6, 6.07) is -2.04. The second-order valence-corrected chi connectivity index (χ2v) is 36.1. The molecule has 128 heavy (non-hydrogen) atoms. The Balaban J connectivity index is 1.95. The van der Waals surface area contributed by atoms with Gasteiger partial charge in [0.1, 0.15) is 88.4 Å². The summed E-state index contributed by atoms with van der Waals surface area (Å²) >= 11 is 6.08. The first kappa shape index (κ1) is 108. The number of nitrogens with zero attached hydrogens (tertiary/aromatic N) is 1. The first-order chi connectivity index (χ1) is 59.4. The van der Waals surface area contributed by atoms with Gasteiger partial charge in [0.2, 0.25) is 65.0 Å². The number of aliphatic hydroxyl groups is 2. The third-order valence-corrected chi connectivity index (χ3v) is 17.9. The van der Waals surface area contributed by atoms with Gasteiger partial charge in [-0.25, -0.2) is 33.8 Å². The molecular formula is C85H128ClN17O25. The third kappa shape index (κ3) is 42.4. The van der Waals surface area contributed by atoms with E-state index >= 15 is 19.2 Å². The van der Waals surface area contributed by atoms with E-state index in [0.29, 0.717) is 5.56 Å². The van der Waals surface area contributed by atoms with Crippen LogP contribution in [-0.2, 0) is 78.1 Å². The van der Waals surface area contributed by atoms with Crippen molar-refractivity contribution in [2.45, 2.75) is 284 Å². The number of esters is 1. The molecule has 1 fully saturated rings. The molecule has 1 saturated heterocycles. The van der Waals surface area contributed by atoms with Crippen LogP contribution in [0.5, 0.6) is 5.88 Å². The lowest BCUT2D eigenvalue weighted by molar-refractivity contribution is -0.136. The summed E-state index contributed by atoms with van der Waals surface area (Å²) in [6.07, 6.45) is -11.1. The maximum absolute atomic E-state index is 15.5. The Morgan fingerprint density at radius 3 is 1.33 bits per heavy atom. The van der Waals surface area contributed by atoms with Gasteiger partial charge >= 0.3 is 36.4 Å². The molecule has 3 aromatic rings. The first-order valence-corrected chi connectivity index (χ1v) is 42.3. The number of pyridine rings is 1. The topological polar surface area (TPSA) is 591 Å². The molecule has 1 aliphatic heterocycles. The van der Waals surface area contributed by atoms with Crippen molar-refractivity contribution < 1.29 is 120 Å². The molecular weight excluding hydrogens is 1690 g/mol. The second-order valence-electron chi connectivity index (χ2n) is 35.7. The zero-order valence-electron chi connectivity index (χ0n) is 75.9. The van der Waals surface area contributed by atoms with Gasteiger partial charge in [0.15, 0.2) is 0 Å². The van der Waals surface area contributed by atoms with Crippen LogP contribution < -0.4 is 89.8 Å². The van der Waals surface area contributed by atoms with E-state index in [0.717, 1.165) is 26.1 Å². The Morgan fingerprint density at radius 1 is 0.461 bits per heavy atom. The molecule has 0 spiro atoms. The fourth-order valence-corrected chi connectivity index (χ4v) is 12.0. The zero-order chi connectivity index (χ0) is 96.4. The lowest BCUT2D eigenvalue weighted by atomic mass is 10.00. The number of benzene rings is 2. The molecule has 4 rings (SSSR count). The third-order valence-electron chi connectivity index (χ3n) is 17.7. The number of hydrogen-bond donors (Lipinski definition) is 18. The van der Waals surface area contributed by atoms with E-state index < -0.39 is 273 Å².